The minimum absolute atomic E-state index is 0.683. The number of rotatable bonds is 3. The van der Waals surface area contributed by atoms with Gasteiger partial charge in [-0.05, 0) is 34.1 Å². The maximum Gasteiger partial charge on any atom is 0.146 e. The molecule has 2 rings (SSSR count). The molecule has 0 spiro atoms. The molecule has 3 nitrogen and oxygen atoms in total. The summed E-state index contributed by atoms with van der Waals surface area (Å²) in [5.74, 6) is 2.17. The first-order valence-electron chi connectivity index (χ1n) is 4.70. The zero-order valence-corrected chi connectivity index (χ0v) is 10.3. The minimum Gasteiger partial charge on any atom is -0.497 e. The number of benzene rings is 1. The SMILES string of the molecule is COc1cccc(Oc2cncc(Br)c2)c1. The fraction of sp³-hybridized carbons (Fsp3) is 0.0833. The predicted molar refractivity (Wildman–Crippen MR) is 65.0 cm³/mol. The molecule has 0 aliphatic heterocycles. The van der Waals surface area contributed by atoms with Crippen LogP contribution in [0.15, 0.2) is 47.2 Å². The van der Waals surface area contributed by atoms with E-state index in [1.807, 2.05) is 30.3 Å². The van der Waals surface area contributed by atoms with Crippen LogP contribution in [0.25, 0.3) is 0 Å². The smallest absolute Gasteiger partial charge is 0.146 e. The summed E-state index contributed by atoms with van der Waals surface area (Å²) in [6.45, 7) is 0. The number of aromatic nitrogens is 1. The summed E-state index contributed by atoms with van der Waals surface area (Å²) in [5, 5.41) is 0. The molecule has 0 unspecified atom stereocenters. The van der Waals surface area contributed by atoms with Crippen molar-refractivity contribution >= 4 is 15.9 Å². The highest BCUT2D eigenvalue weighted by atomic mass is 79.9. The molecule has 82 valence electrons. The standard InChI is InChI=1S/C12H10BrNO2/c1-15-10-3-2-4-11(6-10)16-12-5-9(13)7-14-8-12/h2-8H,1H3. The van der Waals surface area contributed by atoms with Gasteiger partial charge in [-0.15, -0.1) is 0 Å². The molecule has 0 N–H and O–H groups in total. The molecular formula is C12H10BrNO2. The van der Waals surface area contributed by atoms with Gasteiger partial charge in [-0.25, -0.2) is 0 Å². The Kier molecular flexibility index (Phi) is 3.41. The molecular weight excluding hydrogens is 270 g/mol. The van der Waals surface area contributed by atoms with Crippen LogP contribution in [0.2, 0.25) is 0 Å². The zero-order valence-electron chi connectivity index (χ0n) is 8.68. The van der Waals surface area contributed by atoms with E-state index in [1.165, 1.54) is 0 Å². The van der Waals surface area contributed by atoms with Crippen molar-refractivity contribution in [3.8, 4) is 17.2 Å². The van der Waals surface area contributed by atoms with E-state index >= 15 is 0 Å². The van der Waals surface area contributed by atoms with Crippen molar-refractivity contribution in [1.29, 1.82) is 0 Å². The molecule has 1 aromatic heterocycles. The lowest BCUT2D eigenvalue weighted by Gasteiger charge is -2.06. The lowest BCUT2D eigenvalue weighted by atomic mass is 10.3. The molecule has 1 aromatic carbocycles. The third-order valence-corrected chi connectivity index (χ3v) is 2.39. The third-order valence-electron chi connectivity index (χ3n) is 1.96. The van der Waals surface area contributed by atoms with E-state index in [1.54, 1.807) is 19.5 Å². The molecule has 0 radical (unpaired) electrons. The molecule has 0 fully saturated rings. The van der Waals surface area contributed by atoms with Crippen LogP contribution in [0.4, 0.5) is 0 Å². The molecule has 0 bridgehead atoms. The monoisotopic (exact) mass is 279 g/mol. The summed E-state index contributed by atoms with van der Waals surface area (Å²) < 4.78 is 11.6. The molecule has 0 atom stereocenters. The van der Waals surface area contributed by atoms with Crippen LogP contribution in [0.5, 0.6) is 17.2 Å². The van der Waals surface area contributed by atoms with E-state index in [-0.39, 0.29) is 0 Å². The summed E-state index contributed by atoms with van der Waals surface area (Å²) >= 11 is 3.34. The number of pyridine rings is 1. The van der Waals surface area contributed by atoms with E-state index in [4.69, 9.17) is 9.47 Å². The fourth-order valence-corrected chi connectivity index (χ4v) is 1.59. The Morgan fingerprint density at radius 1 is 1.06 bits per heavy atom. The van der Waals surface area contributed by atoms with Crippen molar-refractivity contribution in [1.82, 2.24) is 4.98 Å². The maximum absolute atomic E-state index is 5.63. The Hall–Kier alpha value is -1.55. The van der Waals surface area contributed by atoms with E-state index in [0.29, 0.717) is 5.75 Å². The summed E-state index contributed by atoms with van der Waals surface area (Å²) in [6.07, 6.45) is 3.36. The van der Waals surface area contributed by atoms with Crippen molar-refractivity contribution < 1.29 is 9.47 Å². The molecule has 0 aliphatic carbocycles. The van der Waals surface area contributed by atoms with Gasteiger partial charge in [0.1, 0.15) is 17.2 Å². The maximum atomic E-state index is 5.63. The second kappa shape index (κ2) is 4.99. The molecule has 0 saturated carbocycles. The van der Waals surface area contributed by atoms with Crippen LogP contribution in [0, 0.1) is 0 Å². The van der Waals surface area contributed by atoms with E-state index in [2.05, 4.69) is 20.9 Å². The van der Waals surface area contributed by atoms with Gasteiger partial charge in [0.25, 0.3) is 0 Å². The van der Waals surface area contributed by atoms with Gasteiger partial charge in [-0.3, -0.25) is 4.98 Å². The predicted octanol–water partition coefficient (Wildman–Crippen LogP) is 3.65. The molecule has 4 heteroatoms. The van der Waals surface area contributed by atoms with E-state index in [0.717, 1.165) is 16.0 Å². The van der Waals surface area contributed by atoms with Crippen LogP contribution in [0.3, 0.4) is 0 Å². The zero-order chi connectivity index (χ0) is 11.4. The van der Waals surface area contributed by atoms with Crippen molar-refractivity contribution in [3.63, 3.8) is 0 Å². The van der Waals surface area contributed by atoms with Gasteiger partial charge in [0, 0.05) is 16.7 Å². The van der Waals surface area contributed by atoms with Gasteiger partial charge >= 0.3 is 0 Å². The summed E-state index contributed by atoms with van der Waals surface area (Å²) in [6, 6.07) is 9.28. The number of nitrogens with zero attached hydrogens (tertiary/aromatic N) is 1. The number of hydrogen-bond acceptors (Lipinski definition) is 3. The highest BCUT2D eigenvalue weighted by Crippen LogP contribution is 2.25. The first-order chi connectivity index (χ1) is 7.78. The topological polar surface area (TPSA) is 31.4 Å². The Balaban J connectivity index is 2.20. The average Bonchev–Trinajstić information content (AvgIpc) is 2.29. The number of methoxy groups -OCH3 is 1. The molecule has 1 heterocycles. The van der Waals surface area contributed by atoms with Crippen LogP contribution in [0.1, 0.15) is 0 Å². The largest absolute Gasteiger partial charge is 0.497 e. The molecule has 0 aliphatic rings. The second-order valence-electron chi connectivity index (χ2n) is 3.12. The highest BCUT2D eigenvalue weighted by Gasteiger charge is 2.00. The van der Waals surface area contributed by atoms with Gasteiger partial charge in [-0.2, -0.15) is 0 Å². The van der Waals surface area contributed by atoms with Gasteiger partial charge in [0.05, 0.1) is 13.3 Å². The van der Waals surface area contributed by atoms with Crippen LogP contribution < -0.4 is 9.47 Å². The molecule has 2 aromatic rings. The Bertz CT molecular complexity index is 488. The fourth-order valence-electron chi connectivity index (χ4n) is 1.25. The summed E-state index contributed by atoms with van der Waals surface area (Å²) in [7, 11) is 1.62. The number of halogens is 1. The van der Waals surface area contributed by atoms with Gasteiger partial charge in [0.2, 0.25) is 0 Å². The van der Waals surface area contributed by atoms with Crippen LogP contribution in [-0.2, 0) is 0 Å². The Labute approximate surface area is 102 Å². The number of hydrogen-bond donors (Lipinski definition) is 0. The van der Waals surface area contributed by atoms with Gasteiger partial charge in [-0.1, -0.05) is 6.07 Å². The third kappa shape index (κ3) is 2.73. The molecule has 0 saturated heterocycles. The van der Waals surface area contributed by atoms with Crippen molar-refractivity contribution in [3.05, 3.63) is 47.2 Å². The first kappa shape index (κ1) is 11.0. The van der Waals surface area contributed by atoms with E-state index < -0.39 is 0 Å². The van der Waals surface area contributed by atoms with Gasteiger partial charge < -0.3 is 9.47 Å². The first-order valence-corrected chi connectivity index (χ1v) is 5.50. The van der Waals surface area contributed by atoms with Crippen molar-refractivity contribution in [2.75, 3.05) is 7.11 Å². The molecule has 0 amide bonds. The summed E-state index contributed by atoms with van der Waals surface area (Å²) in [4.78, 5) is 4.02. The minimum atomic E-state index is 0.683. The van der Waals surface area contributed by atoms with Crippen LogP contribution in [-0.4, -0.2) is 12.1 Å². The lowest BCUT2D eigenvalue weighted by Crippen LogP contribution is -1.87. The van der Waals surface area contributed by atoms with Crippen LogP contribution >= 0.6 is 15.9 Å². The number of ether oxygens (including phenoxy) is 2. The quantitative estimate of drug-likeness (QED) is 0.860. The highest BCUT2D eigenvalue weighted by molar-refractivity contribution is 9.10. The summed E-state index contributed by atoms with van der Waals surface area (Å²) in [5.41, 5.74) is 0. The molecule has 16 heavy (non-hydrogen) atoms. The Morgan fingerprint density at radius 3 is 2.62 bits per heavy atom. The van der Waals surface area contributed by atoms with Crippen molar-refractivity contribution in [2.24, 2.45) is 0 Å². The van der Waals surface area contributed by atoms with Crippen molar-refractivity contribution in [2.45, 2.75) is 0 Å². The normalized spacial score (nSPS) is 9.88. The Morgan fingerprint density at radius 2 is 1.88 bits per heavy atom. The van der Waals surface area contributed by atoms with E-state index in [9.17, 15) is 0 Å². The average molecular weight is 280 g/mol. The second-order valence-corrected chi connectivity index (χ2v) is 4.04. The van der Waals surface area contributed by atoms with Gasteiger partial charge in [0.15, 0.2) is 0 Å². The lowest BCUT2D eigenvalue weighted by molar-refractivity contribution is 0.409.